The van der Waals surface area contributed by atoms with Crippen LogP contribution in [0.15, 0.2) is 40.4 Å². The molecule has 1 fully saturated rings. The summed E-state index contributed by atoms with van der Waals surface area (Å²) < 4.78 is 0. The van der Waals surface area contributed by atoms with Gasteiger partial charge in [-0.3, -0.25) is 9.69 Å². The predicted molar refractivity (Wildman–Crippen MR) is 119 cm³/mol. The van der Waals surface area contributed by atoms with Crippen molar-refractivity contribution in [3.05, 3.63) is 50.5 Å². The third kappa shape index (κ3) is 5.17. The number of nitrogens with one attached hydrogen (secondary N) is 1. The first-order chi connectivity index (χ1) is 13.4. The van der Waals surface area contributed by atoms with Crippen LogP contribution in [0.3, 0.4) is 0 Å². The molecule has 3 rings (SSSR count). The second kappa shape index (κ2) is 9.73. The van der Waals surface area contributed by atoms with Crippen LogP contribution in [0.25, 0.3) is 0 Å². The van der Waals surface area contributed by atoms with Gasteiger partial charge in [-0.05, 0) is 24.3 Å². The van der Waals surface area contributed by atoms with E-state index in [1.165, 1.54) is 0 Å². The number of allylic oxidation sites excluding steroid dienone is 3. The van der Waals surface area contributed by atoms with E-state index in [9.17, 15) is 4.79 Å². The number of carbonyl (C=O) groups is 1. The highest BCUT2D eigenvalue weighted by atomic mass is 35.5. The van der Waals surface area contributed by atoms with Gasteiger partial charge in [-0.1, -0.05) is 59.4 Å². The Kier molecular flexibility index (Phi) is 7.57. The maximum absolute atomic E-state index is 12.5. The number of anilines is 1. The van der Waals surface area contributed by atoms with Gasteiger partial charge in [0.1, 0.15) is 0 Å². The number of carbonyl (C=O) groups excluding carboxylic acids is 1. The molecule has 1 aliphatic carbocycles. The summed E-state index contributed by atoms with van der Waals surface area (Å²) in [4.78, 5) is 17.1. The second-order valence-electron chi connectivity index (χ2n) is 7.09. The zero-order valence-electron chi connectivity index (χ0n) is 15.6. The van der Waals surface area contributed by atoms with Gasteiger partial charge in [0.05, 0.1) is 21.0 Å². The van der Waals surface area contributed by atoms with Crippen LogP contribution in [0.5, 0.6) is 0 Å². The van der Waals surface area contributed by atoms with E-state index >= 15 is 0 Å². The van der Waals surface area contributed by atoms with E-state index in [1.807, 2.05) is 31.2 Å². The topological polar surface area (TPSA) is 35.6 Å². The van der Waals surface area contributed by atoms with Crippen LogP contribution in [-0.2, 0) is 4.79 Å². The van der Waals surface area contributed by atoms with Crippen LogP contribution >= 0.6 is 46.4 Å². The highest BCUT2D eigenvalue weighted by Crippen LogP contribution is 2.34. The van der Waals surface area contributed by atoms with Crippen molar-refractivity contribution in [2.45, 2.75) is 6.92 Å². The van der Waals surface area contributed by atoms with Gasteiger partial charge in [0.15, 0.2) is 0 Å². The zero-order chi connectivity index (χ0) is 20.3. The average Bonchev–Trinajstić information content (AvgIpc) is 2.69. The van der Waals surface area contributed by atoms with Crippen molar-refractivity contribution in [3.63, 3.8) is 0 Å². The number of hydrogen-bond donors (Lipinski definition) is 1. The lowest BCUT2D eigenvalue weighted by atomic mass is 9.89. The molecular weight excluding hydrogens is 440 g/mol. The number of halogens is 4. The summed E-state index contributed by atoms with van der Waals surface area (Å²) in [6.07, 6.45) is 3.53. The fraction of sp³-hybridized carbons (Fsp3) is 0.450. The fourth-order valence-electron chi connectivity index (χ4n) is 3.49. The molecule has 28 heavy (non-hydrogen) atoms. The largest absolute Gasteiger partial charge is 0.369 e. The van der Waals surface area contributed by atoms with Gasteiger partial charge in [0.2, 0.25) is 5.91 Å². The lowest BCUT2D eigenvalue weighted by molar-refractivity contribution is -0.124. The molecule has 0 aromatic heterocycles. The van der Waals surface area contributed by atoms with Gasteiger partial charge in [0.25, 0.3) is 0 Å². The first-order valence-electron chi connectivity index (χ1n) is 9.30. The number of amides is 1. The van der Waals surface area contributed by atoms with E-state index in [0.29, 0.717) is 26.7 Å². The van der Waals surface area contributed by atoms with Crippen LogP contribution in [0.4, 0.5) is 5.69 Å². The number of rotatable bonds is 5. The Labute approximate surface area is 186 Å². The molecule has 4 nitrogen and oxygen atoms in total. The van der Waals surface area contributed by atoms with E-state index in [1.54, 1.807) is 6.08 Å². The van der Waals surface area contributed by atoms with Crippen LogP contribution in [0.1, 0.15) is 6.92 Å². The first-order valence-corrected chi connectivity index (χ1v) is 10.8. The van der Waals surface area contributed by atoms with Gasteiger partial charge < -0.3 is 10.2 Å². The molecular formula is C20H23Cl4N3O. The van der Waals surface area contributed by atoms with Crippen LogP contribution < -0.4 is 10.2 Å². The molecule has 1 aliphatic heterocycles. The molecule has 1 N–H and O–H groups in total. The molecule has 1 amide bonds. The highest BCUT2D eigenvalue weighted by Gasteiger charge is 2.28. The van der Waals surface area contributed by atoms with Crippen LogP contribution in [-0.4, -0.2) is 50.1 Å². The molecule has 1 saturated heterocycles. The van der Waals surface area contributed by atoms with Crippen molar-refractivity contribution in [1.82, 2.24) is 10.2 Å². The summed E-state index contributed by atoms with van der Waals surface area (Å²) in [5, 5.41) is 5.22. The van der Waals surface area contributed by atoms with Crippen molar-refractivity contribution in [1.29, 1.82) is 0 Å². The molecule has 152 valence electrons. The summed E-state index contributed by atoms with van der Waals surface area (Å²) >= 11 is 24.3. The number of piperazine rings is 1. The third-order valence-electron chi connectivity index (χ3n) is 5.29. The lowest BCUT2D eigenvalue weighted by Gasteiger charge is -2.36. The molecule has 0 radical (unpaired) electrons. The Bertz CT molecular complexity index is 788. The van der Waals surface area contributed by atoms with Gasteiger partial charge in [-0.2, -0.15) is 0 Å². The molecule has 2 unspecified atom stereocenters. The first kappa shape index (κ1) is 21.8. The summed E-state index contributed by atoms with van der Waals surface area (Å²) in [5.74, 6) is -0.393. The Hall–Kier alpha value is -0.910. The second-order valence-corrected chi connectivity index (χ2v) is 8.72. The van der Waals surface area contributed by atoms with E-state index < -0.39 is 0 Å². The number of nitrogens with zero attached hydrogens (tertiary/aromatic N) is 2. The third-order valence-corrected chi connectivity index (χ3v) is 7.00. The molecule has 2 aliphatic rings. The average molecular weight is 463 g/mol. The van der Waals surface area contributed by atoms with Crippen molar-refractivity contribution in [2.24, 2.45) is 11.8 Å². The molecule has 0 bridgehead atoms. The summed E-state index contributed by atoms with van der Waals surface area (Å²) in [6.45, 7) is 7.02. The summed E-state index contributed by atoms with van der Waals surface area (Å²) in [6, 6.07) is 5.73. The quantitative estimate of drug-likeness (QED) is 0.686. The minimum atomic E-state index is -0.276. The van der Waals surface area contributed by atoms with Crippen molar-refractivity contribution < 1.29 is 4.79 Å². The molecule has 2 atom stereocenters. The highest BCUT2D eigenvalue weighted by molar-refractivity contribution is 6.42. The van der Waals surface area contributed by atoms with Crippen molar-refractivity contribution >= 4 is 58.0 Å². The molecule has 1 aromatic rings. The lowest BCUT2D eigenvalue weighted by Crippen LogP contribution is -2.49. The number of hydrogen-bond acceptors (Lipinski definition) is 3. The molecule has 0 saturated carbocycles. The smallest absolute Gasteiger partial charge is 0.227 e. The Morgan fingerprint density at radius 2 is 1.82 bits per heavy atom. The van der Waals surface area contributed by atoms with E-state index in [4.69, 9.17) is 46.4 Å². The minimum absolute atomic E-state index is 0.0134. The Morgan fingerprint density at radius 1 is 1.11 bits per heavy atom. The summed E-state index contributed by atoms with van der Waals surface area (Å²) in [7, 11) is 0. The fourth-order valence-corrected chi connectivity index (χ4v) is 4.23. The normalized spacial score (nSPS) is 23.2. The van der Waals surface area contributed by atoms with Crippen molar-refractivity contribution in [2.75, 3.05) is 44.2 Å². The van der Waals surface area contributed by atoms with Gasteiger partial charge in [-0.25, -0.2) is 0 Å². The maximum Gasteiger partial charge on any atom is 0.227 e. The van der Waals surface area contributed by atoms with Crippen molar-refractivity contribution in [3.8, 4) is 0 Å². The van der Waals surface area contributed by atoms with Gasteiger partial charge in [0, 0.05) is 55.9 Å². The molecule has 8 heteroatoms. The van der Waals surface area contributed by atoms with Crippen LogP contribution in [0.2, 0.25) is 10.0 Å². The Balaban J connectivity index is 1.42. The van der Waals surface area contributed by atoms with E-state index in [-0.39, 0.29) is 17.7 Å². The van der Waals surface area contributed by atoms with E-state index in [2.05, 4.69) is 15.1 Å². The monoisotopic (exact) mass is 461 g/mol. The molecule has 0 spiro atoms. The standard InChI is InChI=1S/C20H23Cl4N3O/c1-13-15(3-5-17(22)19(13)24)20(28)25-6-7-26-8-10-27(11-9-26)14-2-4-16(21)18(23)12-14/h2-5,12-13,15H,6-11H2,1H3,(H,25,28). The SMILES string of the molecule is CC1C(Cl)=C(Cl)C=CC1C(=O)NCCN1CCN(c2ccc(Cl)c(Cl)c2)CC1. The maximum atomic E-state index is 12.5. The minimum Gasteiger partial charge on any atom is -0.369 e. The summed E-state index contributed by atoms with van der Waals surface area (Å²) in [5.41, 5.74) is 1.09. The Morgan fingerprint density at radius 3 is 2.50 bits per heavy atom. The van der Waals surface area contributed by atoms with Gasteiger partial charge in [-0.15, -0.1) is 0 Å². The van der Waals surface area contributed by atoms with E-state index in [0.717, 1.165) is 38.4 Å². The molecule has 1 heterocycles. The number of benzene rings is 1. The predicted octanol–water partition coefficient (Wildman–Crippen LogP) is 4.74. The van der Waals surface area contributed by atoms with Gasteiger partial charge >= 0.3 is 0 Å². The molecule has 1 aromatic carbocycles. The zero-order valence-corrected chi connectivity index (χ0v) is 18.6. The van der Waals surface area contributed by atoms with Crippen LogP contribution in [0, 0.1) is 11.8 Å².